The topological polar surface area (TPSA) is 173 Å². The minimum atomic E-state index is -1.31. The number of phenolic OH excluding ortho intramolecular Hbond substituents is 1. The Morgan fingerprint density at radius 2 is 1.94 bits per heavy atom. The van der Waals surface area contributed by atoms with E-state index in [2.05, 4.69) is 15.6 Å². The molecule has 0 radical (unpaired) electrons. The van der Waals surface area contributed by atoms with Crippen LogP contribution in [0.15, 0.2) is 30.4 Å². The maximum atomic E-state index is 14.5. The Morgan fingerprint density at radius 3 is 2.68 bits per heavy atom. The summed E-state index contributed by atoms with van der Waals surface area (Å²) in [4.78, 5) is 75.2. The van der Waals surface area contributed by atoms with E-state index in [1.54, 1.807) is 40.7 Å². The number of nitrogens with one attached hydrogen (secondary N) is 2. The van der Waals surface area contributed by atoms with Crippen molar-refractivity contribution in [3.05, 3.63) is 41.6 Å². The van der Waals surface area contributed by atoms with Crippen LogP contribution < -0.4 is 15.4 Å². The number of phenols is 1. The molecule has 5 atom stereocenters. The molecule has 13 nitrogen and oxygen atoms in total. The summed E-state index contributed by atoms with van der Waals surface area (Å²) in [5.41, 5.74) is -2.14. The average Bonchev–Trinajstić information content (AvgIpc) is 3.61. The number of fused-ring (bicyclic) bond motifs is 5. The van der Waals surface area contributed by atoms with Gasteiger partial charge in [0.15, 0.2) is 11.5 Å². The third-order valence-electron chi connectivity index (χ3n) is 9.88. The maximum Gasteiger partial charge on any atom is 0.408 e. The van der Waals surface area contributed by atoms with Crippen LogP contribution >= 0.6 is 0 Å². The predicted molar refractivity (Wildman–Crippen MR) is 182 cm³/mol. The zero-order valence-electron chi connectivity index (χ0n) is 29.3. The van der Waals surface area contributed by atoms with Crippen molar-refractivity contribution in [2.24, 2.45) is 5.92 Å². The number of rotatable bonds is 3. The van der Waals surface area contributed by atoms with E-state index in [9.17, 15) is 29.1 Å². The number of carbonyl (C=O) groups is 5. The molecule has 1 unspecified atom stereocenters. The summed E-state index contributed by atoms with van der Waals surface area (Å²) >= 11 is 0. The summed E-state index contributed by atoms with van der Waals surface area (Å²) in [5, 5.41) is 16.3. The lowest BCUT2D eigenvalue weighted by atomic mass is 9.86. The first-order valence-corrected chi connectivity index (χ1v) is 17.5. The van der Waals surface area contributed by atoms with Crippen molar-refractivity contribution < 1.29 is 43.3 Å². The van der Waals surface area contributed by atoms with Gasteiger partial charge in [0, 0.05) is 17.7 Å². The number of ether oxygens (including phenoxy) is 3. The summed E-state index contributed by atoms with van der Waals surface area (Å²) < 4.78 is 17.5. The predicted octanol–water partition coefficient (Wildman–Crippen LogP) is 4.41. The number of aromatic nitrogens is 1. The van der Waals surface area contributed by atoms with Crippen molar-refractivity contribution in [3.8, 4) is 11.5 Å². The third-order valence-corrected chi connectivity index (χ3v) is 9.88. The van der Waals surface area contributed by atoms with Crippen molar-refractivity contribution in [1.82, 2.24) is 20.5 Å². The first-order valence-electron chi connectivity index (χ1n) is 17.5. The van der Waals surface area contributed by atoms with E-state index in [0.717, 1.165) is 19.3 Å². The molecule has 4 aliphatic rings. The Kier molecular flexibility index (Phi) is 9.29. The lowest BCUT2D eigenvalue weighted by Crippen LogP contribution is -2.57. The van der Waals surface area contributed by atoms with Crippen LogP contribution in [0.4, 0.5) is 4.79 Å². The van der Waals surface area contributed by atoms with Crippen LogP contribution in [-0.2, 0) is 23.9 Å². The van der Waals surface area contributed by atoms with Gasteiger partial charge in [-0.2, -0.15) is 0 Å². The normalized spacial score (nSPS) is 29.0. The smallest absolute Gasteiger partial charge is 0.408 e. The number of aryl methyl sites for hydroxylation is 1. The van der Waals surface area contributed by atoms with E-state index in [1.165, 1.54) is 17.0 Å². The summed E-state index contributed by atoms with van der Waals surface area (Å²) in [6.07, 6.45) is 6.65. The van der Waals surface area contributed by atoms with Gasteiger partial charge in [-0.25, -0.2) is 14.6 Å². The fraction of sp³-hybridized carbons (Fsp3) is 0.568. The molecule has 50 heavy (non-hydrogen) atoms. The van der Waals surface area contributed by atoms with Crippen LogP contribution in [-0.4, -0.2) is 86.6 Å². The van der Waals surface area contributed by atoms with E-state index in [1.807, 2.05) is 12.2 Å². The number of carbonyl (C=O) groups excluding carboxylic acids is 5. The van der Waals surface area contributed by atoms with Crippen LogP contribution in [0.3, 0.4) is 0 Å². The number of nitrogens with zero attached hydrogens (tertiary/aromatic N) is 2. The van der Waals surface area contributed by atoms with Crippen LogP contribution in [0.25, 0.3) is 10.9 Å². The van der Waals surface area contributed by atoms with E-state index < -0.39 is 52.7 Å². The molecule has 1 spiro atoms. The molecule has 3 N–H and O–H groups in total. The highest BCUT2D eigenvalue weighted by Crippen LogP contribution is 2.48. The standard InChI is InChI=1S/C37H46N4O9/c1-6-48-33(46)37-17-22(37)12-10-8-7-9-11-13-26(39-34(47)50-35(3,4)5)32(45)41-20-36(18-27(41)31(44)40-37)19-28(43)29-24-16-23(42)14-15-25(24)38-21(2)30(29)49-36/h10,12,14-16,22,26-27,42H,6-9,11,13,17-20H2,1-5H3,(H,39,47)(H,40,44)/b12-10-/t22-,26+,27+,36+,37?/m1/s1. The molecule has 1 saturated carbocycles. The number of alkyl carbamates (subject to hydrolysis) is 1. The molecule has 6 rings (SSSR count). The summed E-state index contributed by atoms with van der Waals surface area (Å²) in [6, 6.07) is 2.43. The molecule has 4 heterocycles. The number of aromatic hydroxyl groups is 1. The number of Topliss-reactive ketones (excluding diaryl/α,β-unsaturated/α-hetero) is 1. The van der Waals surface area contributed by atoms with Crippen LogP contribution in [0.5, 0.6) is 11.5 Å². The van der Waals surface area contributed by atoms with Crippen molar-refractivity contribution in [1.29, 1.82) is 0 Å². The second-order valence-electron chi connectivity index (χ2n) is 14.9. The Morgan fingerprint density at radius 1 is 1.16 bits per heavy atom. The quantitative estimate of drug-likeness (QED) is 0.309. The molecule has 1 aliphatic carbocycles. The van der Waals surface area contributed by atoms with E-state index in [0.29, 0.717) is 35.9 Å². The number of ketones is 1. The third kappa shape index (κ3) is 6.86. The van der Waals surface area contributed by atoms with Gasteiger partial charge in [0.25, 0.3) is 0 Å². The van der Waals surface area contributed by atoms with Gasteiger partial charge in [-0.3, -0.25) is 14.4 Å². The number of esters is 1. The van der Waals surface area contributed by atoms with Gasteiger partial charge in [0.1, 0.15) is 34.6 Å². The van der Waals surface area contributed by atoms with Crippen molar-refractivity contribution >= 4 is 40.6 Å². The number of allylic oxidation sites excluding steroid dienone is 1. The molecular weight excluding hydrogens is 644 g/mol. The van der Waals surface area contributed by atoms with Gasteiger partial charge < -0.3 is 34.9 Å². The Bertz CT molecular complexity index is 1770. The molecule has 268 valence electrons. The summed E-state index contributed by atoms with van der Waals surface area (Å²) in [7, 11) is 0. The Hall–Kier alpha value is -4.68. The van der Waals surface area contributed by atoms with Crippen molar-refractivity contribution in [2.75, 3.05) is 13.2 Å². The molecule has 3 amide bonds. The fourth-order valence-electron chi connectivity index (χ4n) is 7.48. The molecule has 1 aromatic heterocycles. The number of amides is 3. The lowest BCUT2D eigenvalue weighted by Gasteiger charge is -2.36. The average molecular weight is 691 g/mol. The molecular formula is C37H46N4O9. The second kappa shape index (κ2) is 13.2. The molecule has 2 aromatic rings. The molecule has 2 fully saturated rings. The van der Waals surface area contributed by atoms with Crippen LogP contribution in [0, 0.1) is 12.8 Å². The van der Waals surface area contributed by atoms with Gasteiger partial charge in [-0.15, -0.1) is 0 Å². The number of pyridine rings is 1. The highest BCUT2D eigenvalue weighted by molar-refractivity contribution is 6.11. The van der Waals surface area contributed by atoms with Gasteiger partial charge in [0.2, 0.25) is 11.8 Å². The maximum absolute atomic E-state index is 14.5. The minimum Gasteiger partial charge on any atom is -0.508 e. The highest BCUT2D eigenvalue weighted by atomic mass is 16.6. The lowest BCUT2D eigenvalue weighted by molar-refractivity contribution is -0.150. The minimum absolute atomic E-state index is 0.0280. The number of hydrogen-bond donors (Lipinski definition) is 3. The molecule has 1 saturated heterocycles. The highest BCUT2D eigenvalue weighted by Gasteiger charge is 2.63. The largest absolute Gasteiger partial charge is 0.508 e. The molecule has 0 bridgehead atoms. The first-order chi connectivity index (χ1) is 23.6. The molecule has 3 aliphatic heterocycles. The summed E-state index contributed by atoms with van der Waals surface area (Å²) in [5.74, 6) is -1.98. The van der Waals surface area contributed by atoms with Crippen molar-refractivity contribution in [2.45, 2.75) is 115 Å². The fourth-order valence-corrected chi connectivity index (χ4v) is 7.48. The monoisotopic (exact) mass is 690 g/mol. The van der Waals surface area contributed by atoms with E-state index >= 15 is 0 Å². The van der Waals surface area contributed by atoms with E-state index in [-0.39, 0.29) is 54.8 Å². The van der Waals surface area contributed by atoms with Gasteiger partial charge in [-0.1, -0.05) is 25.0 Å². The van der Waals surface area contributed by atoms with Crippen molar-refractivity contribution in [3.63, 3.8) is 0 Å². The second-order valence-corrected chi connectivity index (χ2v) is 14.9. The zero-order chi connectivity index (χ0) is 36.0. The molecule has 13 heteroatoms. The molecule has 1 aromatic carbocycles. The summed E-state index contributed by atoms with van der Waals surface area (Å²) in [6.45, 7) is 8.60. The Balaban J connectivity index is 1.38. The SMILES string of the molecule is CCOC(=O)C12C[C@H]1/C=C\CCCCC[C@H](NC(=O)OC(C)(C)C)C(=O)N1C[C@@]3(CC(=O)c4c(c(C)nc5ccc(O)cc45)O3)C[C@H]1C(=O)N2. The van der Waals surface area contributed by atoms with Crippen LogP contribution in [0.1, 0.15) is 95.1 Å². The first kappa shape index (κ1) is 35.2. The zero-order valence-corrected chi connectivity index (χ0v) is 29.3. The van der Waals surface area contributed by atoms with Gasteiger partial charge in [-0.05, 0) is 78.5 Å². The van der Waals surface area contributed by atoms with Crippen LogP contribution in [0.2, 0.25) is 0 Å². The van der Waals surface area contributed by atoms with E-state index in [4.69, 9.17) is 14.2 Å². The number of benzene rings is 1. The number of hydrogen-bond acceptors (Lipinski definition) is 10. The Labute approximate surface area is 291 Å². The van der Waals surface area contributed by atoms with Gasteiger partial charge in [0.05, 0.1) is 36.3 Å². The van der Waals surface area contributed by atoms with Gasteiger partial charge >= 0.3 is 12.1 Å².